The Balaban J connectivity index is 1.54. The Morgan fingerprint density at radius 1 is 1.07 bits per heavy atom. The van der Waals surface area contributed by atoms with Crippen LogP contribution in [0.1, 0.15) is 69.8 Å². The van der Waals surface area contributed by atoms with Crippen molar-refractivity contribution in [1.82, 2.24) is 0 Å². The van der Waals surface area contributed by atoms with Crippen LogP contribution in [0.4, 0.5) is 0 Å². The summed E-state index contributed by atoms with van der Waals surface area (Å²) < 4.78 is 17.0. The third-order valence-corrected chi connectivity index (χ3v) is 6.68. The molecule has 2 aliphatic heterocycles. The maximum Gasteiger partial charge on any atom is 0.315 e. The third kappa shape index (κ3) is 3.42. The highest BCUT2D eigenvalue weighted by atomic mass is 16.7. The molecular weight excluding hydrogens is 382 g/mol. The van der Waals surface area contributed by atoms with Gasteiger partial charge in [0.1, 0.15) is 12.0 Å². The van der Waals surface area contributed by atoms with Crippen molar-refractivity contribution >= 4 is 17.5 Å². The SMILES string of the molecule is CC1=NC2=C(C(=O)CCC2)[C@@H](c2ccc3c(c2)OCO3)C1C(=O)OC1CCCCC1. The number of esters is 1. The van der Waals surface area contributed by atoms with Crippen LogP contribution in [0.3, 0.4) is 0 Å². The Morgan fingerprint density at radius 2 is 1.87 bits per heavy atom. The Kier molecular flexibility index (Phi) is 5.09. The lowest BCUT2D eigenvalue weighted by molar-refractivity contribution is -0.153. The predicted octanol–water partition coefficient (Wildman–Crippen LogP) is 4.47. The molecule has 0 aromatic heterocycles. The van der Waals surface area contributed by atoms with Crippen molar-refractivity contribution in [2.45, 2.75) is 70.3 Å². The first kappa shape index (κ1) is 19.3. The number of ether oxygens (including phenoxy) is 3. The molecule has 1 unspecified atom stereocenters. The molecule has 6 nitrogen and oxygen atoms in total. The number of carbonyl (C=O) groups is 2. The first-order valence-corrected chi connectivity index (χ1v) is 11.0. The van der Waals surface area contributed by atoms with Crippen molar-refractivity contribution in [2.75, 3.05) is 6.79 Å². The molecule has 158 valence electrons. The van der Waals surface area contributed by atoms with Crippen LogP contribution in [0.15, 0.2) is 34.5 Å². The molecule has 2 aliphatic carbocycles. The molecule has 0 saturated heterocycles. The number of Topliss-reactive ketones (excluding diaryl/α,β-unsaturated/α-hetero) is 1. The molecule has 30 heavy (non-hydrogen) atoms. The average molecular weight is 409 g/mol. The second kappa shape index (κ2) is 7.89. The summed E-state index contributed by atoms with van der Waals surface area (Å²) in [6, 6.07) is 5.69. The number of fused-ring (bicyclic) bond motifs is 1. The molecule has 2 heterocycles. The molecule has 4 aliphatic rings. The number of rotatable bonds is 3. The smallest absolute Gasteiger partial charge is 0.315 e. The van der Waals surface area contributed by atoms with Crippen LogP contribution in [-0.2, 0) is 14.3 Å². The number of allylic oxidation sites excluding steroid dienone is 2. The zero-order chi connectivity index (χ0) is 20.7. The minimum atomic E-state index is -0.590. The molecule has 2 atom stereocenters. The van der Waals surface area contributed by atoms with Crippen LogP contribution in [-0.4, -0.2) is 30.4 Å². The number of aliphatic imine (C=N–C) groups is 1. The standard InChI is InChI=1S/C24H27NO5/c1-14-21(24(27)30-16-6-3-2-4-7-16)22(23-17(25-14)8-5-9-18(23)26)15-10-11-19-20(12-15)29-13-28-19/h10-12,16,21-22H,2-9,13H2,1H3/t21?,22-/m0/s1. The fraction of sp³-hybridized carbons (Fsp3) is 0.542. The summed E-state index contributed by atoms with van der Waals surface area (Å²) in [5.41, 5.74) is 3.11. The maximum absolute atomic E-state index is 13.4. The van der Waals surface area contributed by atoms with Gasteiger partial charge in [0.2, 0.25) is 6.79 Å². The molecular formula is C24H27NO5. The van der Waals surface area contributed by atoms with Crippen molar-refractivity contribution in [3.05, 3.63) is 35.0 Å². The van der Waals surface area contributed by atoms with Gasteiger partial charge in [-0.2, -0.15) is 0 Å². The lowest BCUT2D eigenvalue weighted by Crippen LogP contribution is -2.38. The number of hydrogen-bond donors (Lipinski definition) is 0. The Labute approximate surface area is 176 Å². The fourth-order valence-corrected chi connectivity index (χ4v) is 5.20. The van der Waals surface area contributed by atoms with Crippen molar-refractivity contribution in [1.29, 1.82) is 0 Å². The summed E-state index contributed by atoms with van der Waals surface area (Å²) in [5, 5.41) is 0. The van der Waals surface area contributed by atoms with Crippen LogP contribution in [0.2, 0.25) is 0 Å². The summed E-state index contributed by atoms with van der Waals surface area (Å²) in [7, 11) is 0. The van der Waals surface area contributed by atoms with Gasteiger partial charge in [0.05, 0.1) is 0 Å². The molecule has 0 bridgehead atoms. The van der Waals surface area contributed by atoms with Crippen molar-refractivity contribution in [3.8, 4) is 11.5 Å². The highest BCUT2D eigenvalue weighted by Crippen LogP contribution is 2.46. The fourth-order valence-electron chi connectivity index (χ4n) is 5.20. The highest BCUT2D eigenvalue weighted by Gasteiger charge is 2.44. The van der Waals surface area contributed by atoms with Crippen molar-refractivity contribution < 1.29 is 23.8 Å². The summed E-state index contributed by atoms with van der Waals surface area (Å²) in [5.74, 6) is 0.174. The van der Waals surface area contributed by atoms with Crippen LogP contribution in [0, 0.1) is 5.92 Å². The number of benzene rings is 1. The molecule has 1 aromatic rings. The maximum atomic E-state index is 13.4. The summed E-state index contributed by atoms with van der Waals surface area (Å²) in [6.45, 7) is 2.07. The van der Waals surface area contributed by atoms with Gasteiger partial charge >= 0.3 is 5.97 Å². The van der Waals surface area contributed by atoms with Crippen molar-refractivity contribution in [2.24, 2.45) is 10.9 Å². The monoisotopic (exact) mass is 409 g/mol. The van der Waals surface area contributed by atoms with E-state index in [1.165, 1.54) is 6.42 Å². The third-order valence-electron chi connectivity index (χ3n) is 6.68. The van der Waals surface area contributed by atoms with Gasteiger partial charge in [0.15, 0.2) is 17.3 Å². The van der Waals surface area contributed by atoms with Gasteiger partial charge in [0.25, 0.3) is 0 Å². The van der Waals surface area contributed by atoms with Crippen LogP contribution < -0.4 is 9.47 Å². The quantitative estimate of drug-likeness (QED) is 0.689. The Morgan fingerprint density at radius 3 is 2.70 bits per heavy atom. The van der Waals surface area contributed by atoms with Crippen LogP contribution in [0.5, 0.6) is 11.5 Å². The zero-order valence-electron chi connectivity index (χ0n) is 17.3. The van der Waals surface area contributed by atoms with E-state index in [0.29, 0.717) is 23.5 Å². The van der Waals surface area contributed by atoms with Gasteiger partial charge in [0, 0.05) is 29.3 Å². The molecule has 6 heteroatoms. The van der Waals surface area contributed by atoms with E-state index in [2.05, 4.69) is 0 Å². The summed E-state index contributed by atoms with van der Waals surface area (Å²) in [4.78, 5) is 31.1. The Hall–Kier alpha value is -2.63. The molecule has 0 radical (unpaired) electrons. The topological polar surface area (TPSA) is 74.2 Å². The van der Waals surface area contributed by atoms with Crippen molar-refractivity contribution in [3.63, 3.8) is 0 Å². The number of carbonyl (C=O) groups excluding carboxylic acids is 2. The first-order valence-electron chi connectivity index (χ1n) is 11.0. The molecule has 0 spiro atoms. The zero-order valence-corrected chi connectivity index (χ0v) is 17.3. The van der Waals surface area contributed by atoms with E-state index in [1.807, 2.05) is 25.1 Å². The largest absolute Gasteiger partial charge is 0.462 e. The summed E-state index contributed by atoms with van der Waals surface area (Å²) in [6.07, 6.45) is 7.25. The van der Waals surface area contributed by atoms with Crippen LogP contribution >= 0.6 is 0 Å². The Bertz CT molecular complexity index is 941. The highest BCUT2D eigenvalue weighted by molar-refractivity contribution is 6.08. The molecule has 0 amide bonds. The number of nitrogens with zero attached hydrogens (tertiary/aromatic N) is 1. The number of ketones is 1. The molecule has 1 fully saturated rings. The van der Waals surface area contributed by atoms with E-state index in [9.17, 15) is 9.59 Å². The summed E-state index contributed by atoms with van der Waals surface area (Å²) >= 11 is 0. The molecule has 0 N–H and O–H groups in total. The van der Waals surface area contributed by atoms with Gasteiger partial charge in [-0.05, 0) is 63.1 Å². The lowest BCUT2D eigenvalue weighted by Gasteiger charge is -2.35. The normalized spacial score (nSPS) is 26.3. The number of hydrogen-bond acceptors (Lipinski definition) is 6. The van der Waals surface area contributed by atoms with Gasteiger partial charge in [-0.1, -0.05) is 12.5 Å². The van der Waals surface area contributed by atoms with E-state index in [0.717, 1.165) is 55.5 Å². The molecule has 1 saturated carbocycles. The van der Waals surface area contributed by atoms with E-state index in [-0.39, 0.29) is 24.6 Å². The van der Waals surface area contributed by atoms with Gasteiger partial charge in [-0.15, -0.1) is 0 Å². The minimum Gasteiger partial charge on any atom is -0.462 e. The molecule has 5 rings (SSSR count). The van der Waals surface area contributed by atoms with E-state index < -0.39 is 11.8 Å². The second-order valence-electron chi connectivity index (χ2n) is 8.66. The first-order chi connectivity index (χ1) is 14.6. The van der Waals surface area contributed by atoms with Gasteiger partial charge < -0.3 is 14.2 Å². The minimum absolute atomic E-state index is 0.0334. The predicted molar refractivity (Wildman–Crippen MR) is 111 cm³/mol. The lowest BCUT2D eigenvalue weighted by atomic mass is 9.71. The van der Waals surface area contributed by atoms with E-state index >= 15 is 0 Å². The average Bonchev–Trinajstić information content (AvgIpc) is 3.21. The second-order valence-corrected chi connectivity index (χ2v) is 8.66. The van der Waals surface area contributed by atoms with E-state index in [4.69, 9.17) is 19.2 Å². The van der Waals surface area contributed by atoms with Gasteiger partial charge in [-0.25, -0.2) is 0 Å². The van der Waals surface area contributed by atoms with Gasteiger partial charge in [-0.3, -0.25) is 14.6 Å². The van der Waals surface area contributed by atoms with E-state index in [1.54, 1.807) is 0 Å². The molecule has 1 aromatic carbocycles. The van der Waals surface area contributed by atoms with Crippen LogP contribution in [0.25, 0.3) is 0 Å².